The quantitative estimate of drug-likeness (QED) is 0.556. The van der Waals surface area contributed by atoms with Crippen LogP contribution in [0.1, 0.15) is 11.1 Å². The van der Waals surface area contributed by atoms with Gasteiger partial charge in [-0.3, -0.25) is 0 Å². The molecule has 0 bridgehead atoms. The fraction of sp³-hybridized carbons (Fsp3) is 0.200. The van der Waals surface area contributed by atoms with Crippen LogP contribution in [0, 0.1) is 5.82 Å². The highest BCUT2D eigenvalue weighted by molar-refractivity contribution is 9.10. The summed E-state index contributed by atoms with van der Waals surface area (Å²) in [5.41, 5.74) is 1.58. The van der Waals surface area contributed by atoms with Crippen LogP contribution >= 0.6 is 43.5 Å². The molecule has 6 heteroatoms. The summed E-state index contributed by atoms with van der Waals surface area (Å²) in [6.45, 7) is 0.219. The molecule has 0 aliphatic rings. The summed E-state index contributed by atoms with van der Waals surface area (Å²) in [6, 6.07) is 8.31. The molecule has 0 heterocycles. The Labute approximate surface area is 144 Å². The van der Waals surface area contributed by atoms with E-state index in [2.05, 4.69) is 31.9 Å². The summed E-state index contributed by atoms with van der Waals surface area (Å²) in [4.78, 5) is 0. The molecule has 2 aromatic rings. The zero-order valence-corrected chi connectivity index (χ0v) is 15.1. The molecule has 0 aliphatic carbocycles. The molecular formula is C15H12Br2ClFO2. The van der Waals surface area contributed by atoms with E-state index < -0.39 is 0 Å². The zero-order chi connectivity index (χ0) is 15.4. The van der Waals surface area contributed by atoms with E-state index in [0.717, 1.165) is 5.56 Å². The van der Waals surface area contributed by atoms with Gasteiger partial charge < -0.3 is 9.47 Å². The lowest BCUT2D eigenvalue weighted by atomic mass is 10.2. The van der Waals surface area contributed by atoms with Gasteiger partial charge in [-0.05, 0) is 28.1 Å². The van der Waals surface area contributed by atoms with Crippen molar-refractivity contribution >= 4 is 43.5 Å². The van der Waals surface area contributed by atoms with Crippen LogP contribution in [-0.2, 0) is 11.9 Å². The molecule has 0 radical (unpaired) electrons. The van der Waals surface area contributed by atoms with Gasteiger partial charge >= 0.3 is 0 Å². The third-order valence-electron chi connectivity index (χ3n) is 2.86. The van der Waals surface area contributed by atoms with E-state index in [1.807, 2.05) is 0 Å². The van der Waals surface area contributed by atoms with Gasteiger partial charge in [-0.2, -0.15) is 0 Å². The van der Waals surface area contributed by atoms with Gasteiger partial charge in [0.15, 0.2) is 11.5 Å². The second-order valence-corrected chi connectivity index (χ2v) is 6.02. The molecule has 2 aromatic carbocycles. The molecule has 0 amide bonds. The number of benzene rings is 2. The highest BCUT2D eigenvalue weighted by Crippen LogP contribution is 2.36. The monoisotopic (exact) mass is 436 g/mol. The van der Waals surface area contributed by atoms with Crippen LogP contribution in [0.3, 0.4) is 0 Å². The average Bonchev–Trinajstić information content (AvgIpc) is 2.48. The predicted octanol–water partition coefficient (Wildman–Crippen LogP) is 5.72. The van der Waals surface area contributed by atoms with Crippen molar-refractivity contribution in [3.63, 3.8) is 0 Å². The fourth-order valence-electron chi connectivity index (χ4n) is 1.85. The maximum absolute atomic E-state index is 13.5. The first-order valence-electron chi connectivity index (χ1n) is 6.05. The van der Waals surface area contributed by atoms with Crippen LogP contribution in [0.25, 0.3) is 0 Å². The van der Waals surface area contributed by atoms with E-state index in [4.69, 9.17) is 21.1 Å². The highest BCUT2D eigenvalue weighted by Gasteiger charge is 2.13. The van der Waals surface area contributed by atoms with Crippen molar-refractivity contribution in [2.75, 3.05) is 7.11 Å². The van der Waals surface area contributed by atoms with Gasteiger partial charge in [0.1, 0.15) is 12.4 Å². The van der Waals surface area contributed by atoms with Crippen molar-refractivity contribution in [2.24, 2.45) is 0 Å². The van der Waals surface area contributed by atoms with E-state index in [-0.39, 0.29) is 12.4 Å². The molecule has 0 saturated heterocycles. The van der Waals surface area contributed by atoms with Gasteiger partial charge in [0, 0.05) is 27.5 Å². The van der Waals surface area contributed by atoms with Crippen molar-refractivity contribution in [1.29, 1.82) is 0 Å². The van der Waals surface area contributed by atoms with Gasteiger partial charge in [-0.25, -0.2) is 4.39 Å². The minimum atomic E-state index is -0.320. The minimum absolute atomic E-state index is 0.219. The Morgan fingerprint density at radius 1 is 1.24 bits per heavy atom. The highest BCUT2D eigenvalue weighted by atomic mass is 79.9. The molecule has 0 aliphatic heterocycles. The average molecular weight is 439 g/mol. The molecule has 2 rings (SSSR count). The normalized spacial score (nSPS) is 10.5. The van der Waals surface area contributed by atoms with Crippen LogP contribution in [0.15, 0.2) is 34.8 Å². The standard InChI is InChI=1S/C15H12Br2ClFO2/c1-20-13-6-11(18)5-10(7-16)15(13)21-8-9-3-2-4-12(19)14(9)17/h2-6H,7-8H2,1H3. The van der Waals surface area contributed by atoms with Gasteiger partial charge in [0.2, 0.25) is 0 Å². The number of hydrogen-bond donors (Lipinski definition) is 0. The second kappa shape index (κ2) is 7.47. The maximum atomic E-state index is 13.5. The van der Waals surface area contributed by atoms with Crippen LogP contribution in [-0.4, -0.2) is 7.11 Å². The largest absolute Gasteiger partial charge is 0.493 e. The lowest BCUT2D eigenvalue weighted by Crippen LogP contribution is -2.02. The first-order chi connectivity index (χ1) is 10.1. The van der Waals surface area contributed by atoms with E-state index >= 15 is 0 Å². The van der Waals surface area contributed by atoms with E-state index in [0.29, 0.717) is 31.9 Å². The fourth-order valence-corrected chi connectivity index (χ4v) is 2.87. The zero-order valence-electron chi connectivity index (χ0n) is 11.1. The van der Waals surface area contributed by atoms with Gasteiger partial charge in [-0.15, -0.1) is 0 Å². The Morgan fingerprint density at radius 2 is 2.00 bits per heavy atom. The predicted molar refractivity (Wildman–Crippen MR) is 89.1 cm³/mol. The maximum Gasteiger partial charge on any atom is 0.165 e. The number of rotatable bonds is 5. The Balaban J connectivity index is 2.29. The van der Waals surface area contributed by atoms with Crippen LogP contribution in [0.4, 0.5) is 4.39 Å². The number of halogens is 4. The van der Waals surface area contributed by atoms with Crippen LogP contribution < -0.4 is 9.47 Å². The number of alkyl halides is 1. The van der Waals surface area contributed by atoms with Crippen molar-refractivity contribution in [3.8, 4) is 11.5 Å². The lowest BCUT2D eigenvalue weighted by molar-refractivity contribution is 0.281. The molecule has 0 fully saturated rings. The Morgan fingerprint density at radius 3 is 2.67 bits per heavy atom. The van der Waals surface area contributed by atoms with Crippen molar-refractivity contribution in [1.82, 2.24) is 0 Å². The molecule has 0 spiro atoms. The van der Waals surface area contributed by atoms with Gasteiger partial charge in [0.05, 0.1) is 11.6 Å². The molecule has 0 saturated carbocycles. The van der Waals surface area contributed by atoms with Crippen molar-refractivity contribution < 1.29 is 13.9 Å². The lowest BCUT2D eigenvalue weighted by Gasteiger charge is -2.15. The molecule has 0 N–H and O–H groups in total. The molecule has 112 valence electrons. The summed E-state index contributed by atoms with van der Waals surface area (Å²) in [5.74, 6) is 0.819. The Bertz CT molecular complexity index is 625. The summed E-state index contributed by atoms with van der Waals surface area (Å²) in [5, 5.41) is 1.14. The van der Waals surface area contributed by atoms with Gasteiger partial charge in [0.25, 0.3) is 0 Å². The van der Waals surface area contributed by atoms with Crippen LogP contribution in [0.5, 0.6) is 11.5 Å². The third kappa shape index (κ3) is 3.90. The van der Waals surface area contributed by atoms with Crippen LogP contribution in [0.2, 0.25) is 5.02 Å². The van der Waals surface area contributed by atoms with E-state index in [1.165, 1.54) is 6.07 Å². The molecule has 21 heavy (non-hydrogen) atoms. The Kier molecular flexibility index (Phi) is 5.90. The molecule has 0 aromatic heterocycles. The minimum Gasteiger partial charge on any atom is -0.493 e. The number of methoxy groups -OCH3 is 1. The first kappa shape index (κ1) is 16.6. The number of ether oxygens (including phenoxy) is 2. The summed E-state index contributed by atoms with van der Waals surface area (Å²) < 4.78 is 25.0. The summed E-state index contributed by atoms with van der Waals surface area (Å²) in [7, 11) is 1.55. The summed E-state index contributed by atoms with van der Waals surface area (Å²) >= 11 is 12.6. The third-order valence-corrected chi connectivity index (χ3v) is 4.57. The number of hydrogen-bond acceptors (Lipinski definition) is 2. The molecular weight excluding hydrogens is 426 g/mol. The summed E-state index contributed by atoms with van der Waals surface area (Å²) in [6.07, 6.45) is 0. The van der Waals surface area contributed by atoms with Gasteiger partial charge in [-0.1, -0.05) is 39.7 Å². The van der Waals surface area contributed by atoms with E-state index in [1.54, 1.807) is 31.4 Å². The second-order valence-electron chi connectivity index (χ2n) is 4.23. The molecule has 2 nitrogen and oxygen atoms in total. The van der Waals surface area contributed by atoms with E-state index in [9.17, 15) is 4.39 Å². The molecule has 0 unspecified atom stereocenters. The Hall–Kier alpha value is -0.780. The first-order valence-corrected chi connectivity index (χ1v) is 8.34. The topological polar surface area (TPSA) is 18.5 Å². The molecule has 0 atom stereocenters. The smallest absolute Gasteiger partial charge is 0.165 e. The van der Waals surface area contributed by atoms with Crippen molar-refractivity contribution in [3.05, 3.63) is 56.8 Å². The SMILES string of the molecule is COc1cc(Cl)cc(CBr)c1OCc1cccc(F)c1Br. The van der Waals surface area contributed by atoms with Crippen molar-refractivity contribution in [2.45, 2.75) is 11.9 Å².